The summed E-state index contributed by atoms with van der Waals surface area (Å²) < 4.78 is 8.01. The van der Waals surface area contributed by atoms with Gasteiger partial charge in [-0.1, -0.05) is 30.3 Å². The molecule has 27 heavy (non-hydrogen) atoms. The van der Waals surface area contributed by atoms with Crippen LogP contribution in [0.15, 0.2) is 70.2 Å². The summed E-state index contributed by atoms with van der Waals surface area (Å²) in [5.74, 6) is 0. The zero-order valence-electron chi connectivity index (χ0n) is 15.0. The third-order valence-corrected chi connectivity index (χ3v) is 5.35. The summed E-state index contributed by atoms with van der Waals surface area (Å²) in [5, 5.41) is 2.71. The van der Waals surface area contributed by atoms with Crippen LogP contribution in [-0.2, 0) is 17.9 Å². The molecule has 4 nitrogen and oxygen atoms in total. The van der Waals surface area contributed by atoms with Crippen molar-refractivity contribution in [2.24, 2.45) is 0 Å². The Bertz CT molecular complexity index is 1180. The second-order valence-electron chi connectivity index (χ2n) is 6.40. The van der Waals surface area contributed by atoms with E-state index in [-0.39, 0.29) is 5.56 Å². The van der Waals surface area contributed by atoms with Crippen molar-refractivity contribution in [3.63, 3.8) is 0 Å². The van der Waals surface area contributed by atoms with Crippen molar-refractivity contribution in [2.45, 2.75) is 20.1 Å². The molecule has 2 aromatic heterocycles. The predicted octanol–water partition coefficient (Wildman–Crippen LogP) is 4.90. The van der Waals surface area contributed by atoms with Crippen LogP contribution in [0.5, 0.6) is 0 Å². The Kier molecular flexibility index (Phi) is 5.05. The van der Waals surface area contributed by atoms with E-state index in [4.69, 9.17) is 4.74 Å². The maximum atomic E-state index is 13.0. The van der Waals surface area contributed by atoms with E-state index in [0.717, 1.165) is 32.0 Å². The SMILES string of the molecule is CCOCc1cccc2c(=O)n(Cc3cc4ccccc4nc3Br)ccc12. The fourth-order valence-electron chi connectivity index (χ4n) is 3.28. The number of fused-ring (bicyclic) bond motifs is 2. The number of nitrogens with zero attached hydrogens (tertiary/aromatic N) is 2. The maximum absolute atomic E-state index is 13.0. The number of hydrogen-bond donors (Lipinski definition) is 0. The number of aromatic nitrogens is 2. The zero-order valence-corrected chi connectivity index (χ0v) is 16.6. The summed E-state index contributed by atoms with van der Waals surface area (Å²) >= 11 is 3.55. The lowest BCUT2D eigenvalue weighted by molar-refractivity contribution is 0.135. The Balaban J connectivity index is 1.76. The summed E-state index contributed by atoms with van der Waals surface area (Å²) in [7, 11) is 0. The Morgan fingerprint density at radius 3 is 2.74 bits per heavy atom. The number of rotatable bonds is 5. The first kappa shape index (κ1) is 17.9. The van der Waals surface area contributed by atoms with E-state index in [1.807, 2.05) is 61.7 Å². The largest absolute Gasteiger partial charge is 0.377 e. The highest BCUT2D eigenvalue weighted by Crippen LogP contribution is 2.22. The minimum Gasteiger partial charge on any atom is -0.377 e. The highest BCUT2D eigenvalue weighted by molar-refractivity contribution is 9.10. The average molecular weight is 423 g/mol. The summed E-state index contributed by atoms with van der Waals surface area (Å²) in [6.45, 7) is 3.59. The molecule has 2 heterocycles. The van der Waals surface area contributed by atoms with Gasteiger partial charge in [-0.25, -0.2) is 4.98 Å². The van der Waals surface area contributed by atoms with E-state index in [1.165, 1.54) is 0 Å². The van der Waals surface area contributed by atoms with Crippen LogP contribution in [0, 0.1) is 0 Å². The van der Waals surface area contributed by atoms with Crippen LogP contribution < -0.4 is 5.56 Å². The summed E-state index contributed by atoms with van der Waals surface area (Å²) in [4.78, 5) is 17.6. The van der Waals surface area contributed by atoms with Gasteiger partial charge in [0.25, 0.3) is 5.56 Å². The van der Waals surface area contributed by atoms with Gasteiger partial charge < -0.3 is 9.30 Å². The second kappa shape index (κ2) is 7.62. The van der Waals surface area contributed by atoms with Gasteiger partial charge in [0.1, 0.15) is 4.60 Å². The minimum absolute atomic E-state index is 0.00842. The van der Waals surface area contributed by atoms with Gasteiger partial charge in [-0.3, -0.25) is 4.79 Å². The third kappa shape index (κ3) is 3.53. The molecular weight excluding hydrogens is 404 g/mol. The molecule has 5 heteroatoms. The van der Waals surface area contributed by atoms with Crippen LogP contribution in [0.4, 0.5) is 0 Å². The lowest BCUT2D eigenvalue weighted by atomic mass is 10.1. The number of ether oxygens (including phenoxy) is 1. The number of halogens is 1. The molecule has 0 unspecified atom stereocenters. The van der Waals surface area contributed by atoms with Crippen LogP contribution in [0.2, 0.25) is 0 Å². The fraction of sp³-hybridized carbons (Fsp3) is 0.182. The molecule has 0 radical (unpaired) electrons. The molecule has 4 rings (SSSR count). The molecular formula is C22H19BrN2O2. The van der Waals surface area contributed by atoms with Gasteiger partial charge >= 0.3 is 0 Å². The molecule has 0 aliphatic carbocycles. The molecule has 0 fully saturated rings. The molecule has 0 saturated heterocycles. The molecule has 0 atom stereocenters. The van der Waals surface area contributed by atoms with E-state index in [2.05, 4.69) is 27.0 Å². The van der Waals surface area contributed by atoms with Crippen molar-refractivity contribution in [1.29, 1.82) is 0 Å². The van der Waals surface area contributed by atoms with Crippen LogP contribution in [0.25, 0.3) is 21.7 Å². The van der Waals surface area contributed by atoms with Crippen molar-refractivity contribution < 1.29 is 4.74 Å². The van der Waals surface area contributed by atoms with E-state index in [9.17, 15) is 4.79 Å². The highest BCUT2D eigenvalue weighted by Gasteiger charge is 2.10. The molecule has 136 valence electrons. The van der Waals surface area contributed by atoms with E-state index in [1.54, 1.807) is 4.57 Å². The number of benzene rings is 2. The Labute approximate surface area is 165 Å². The zero-order chi connectivity index (χ0) is 18.8. The molecule has 0 N–H and O–H groups in total. The molecule has 0 saturated carbocycles. The van der Waals surface area contributed by atoms with Crippen molar-refractivity contribution in [3.8, 4) is 0 Å². The van der Waals surface area contributed by atoms with Crippen molar-refractivity contribution in [2.75, 3.05) is 6.61 Å². The standard InChI is InChI=1S/C22H19BrN2O2/c1-2-27-14-16-7-5-8-19-18(16)10-11-25(22(19)26)13-17-12-15-6-3-4-9-20(15)24-21(17)23/h3-12H,2,13-14H2,1H3. The lowest BCUT2D eigenvalue weighted by Crippen LogP contribution is -2.20. The first-order chi connectivity index (χ1) is 13.2. The summed E-state index contributed by atoms with van der Waals surface area (Å²) in [6, 6.07) is 17.8. The van der Waals surface area contributed by atoms with Crippen LogP contribution in [0.1, 0.15) is 18.1 Å². The van der Waals surface area contributed by atoms with Gasteiger partial charge in [0.2, 0.25) is 0 Å². The molecule has 0 amide bonds. The number of pyridine rings is 2. The summed E-state index contributed by atoms with van der Waals surface area (Å²) in [5.41, 5.74) is 2.93. The first-order valence-corrected chi connectivity index (χ1v) is 9.69. The molecule has 0 aliphatic heterocycles. The van der Waals surface area contributed by atoms with Crippen molar-refractivity contribution in [1.82, 2.24) is 9.55 Å². The quantitative estimate of drug-likeness (QED) is 0.429. The molecule has 0 bridgehead atoms. The Morgan fingerprint density at radius 1 is 1.04 bits per heavy atom. The van der Waals surface area contributed by atoms with Gasteiger partial charge in [0.05, 0.1) is 18.7 Å². The average Bonchev–Trinajstić information content (AvgIpc) is 2.69. The van der Waals surface area contributed by atoms with Crippen molar-refractivity contribution >= 4 is 37.6 Å². The fourth-order valence-corrected chi connectivity index (χ4v) is 3.71. The van der Waals surface area contributed by atoms with E-state index in [0.29, 0.717) is 25.1 Å². The van der Waals surface area contributed by atoms with Crippen LogP contribution in [-0.4, -0.2) is 16.2 Å². The highest BCUT2D eigenvalue weighted by atomic mass is 79.9. The summed E-state index contributed by atoms with van der Waals surface area (Å²) in [6.07, 6.45) is 1.85. The monoisotopic (exact) mass is 422 g/mol. The molecule has 0 spiro atoms. The maximum Gasteiger partial charge on any atom is 0.258 e. The van der Waals surface area contributed by atoms with Gasteiger partial charge in [-0.2, -0.15) is 0 Å². The number of hydrogen-bond acceptors (Lipinski definition) is 3. The number of para-hydroxylation sites is 1. The van der Waals surface area contributed by atoms with Crippen LogP contribution >= 0.6 is 15.9 Å². The lowest BCUT2D eigenvalue weighted by Gasteiger charge is -2.12. The topological polar surface area (TPSA) is 44.1 Å². The molecule has 4 aromatic rings. The normalized spacial score (nSPS) is 11.3. The minimum atomic E-state index is -0.00842. The molecule has 2 aromatic carbocycles. The Morgan fingerprint density at radius 2 is 1.89 bits per heavy atom. The van der Waals surface area contributed by atoms with Gasteiger partial charge in [-0.15, -0.1) is 0 Å². The van der Waals surface area contributed by atoms with Gasteiger partial charge in [0, 0.05) is 29.1 Å². The van der Waals surface area contributed by atoms with Gasteiger partial charge in [0.15, 0.2) is 0 Å². The van der Waals surface area contributed by atoms with Crippen LogP contribution in [0.3, 0.4) is 0 Å². The van der Waals surface area contributed by atoms with Gasteiger partial charge in [-0.05, 0) is 58.1 Å². The van der Waals surface area contributed by atoms with E-state index < -0.39 is 0 Å². The first-order valence-electron chi connectivity index (χ1n) is 8.90. The predicted molar refractivity (Wildman–Crippen MR) is 112 cm³/mol. The second-order valence-corrected chi connectivity index (χ2v) is 7.15. The van der Waals surface area contributed by atoms with Crippen molar-refractivity contribution in [3.05, 3.63) is 86.9 Å². The molecule has 0 aliphatic rings. The Hall–Kier alpha value is -2.50. The van der Waals surface area contributed by atoms with E-state index >= 15 is 0 Å². The third-order valence-electron chi connectivity index (χ3n) is 4.66. The smallest absolute Gasteiger partial charge is 0.258 e.